The summed E-state index contributed by atoms with van der Waals surface area (Å²) in [5, 5.41) is 0.171. The number of hydrogen-bond acceptors (Lipinski definition) is 2. The Morgan fingerprint density at radius 1 is 1.53 bits per heavy atom. The molecule has 0 amide bonds. The molecular formula is C10H9ClF2O2. The van der Waals surface area contributed by atoms with E-state index in [4.69, 9.17) is 16.3 Å². The quantitative estimate of drug-likeness (QED) is 0.750. The summed E-state index contributed by atoms with van der Waals surface area (Å²) in [5.41, 5.74) is 0.557. The zero-order chi connectivity index (χ0) is 11.1. The monoisotopic (exact) mass is 234 g/mol. The zero-order valence-electron chi connectivity index (χ0n) is 7.97. The molecule has 5 heteroatoms. The van der Waals surface area contributed by atoms with Gasteiger partial charge in [-0.1, -0.05) is 17.7 Å². The third kappa shape index (κ3) is 2.21. The van der Waals surface area contributed by atoms with Crippen molar-refractivity contribution in [1.82, 2.24) is 0 Å². The van der Waals surface area contributed by atoms with E-state index in [-0.39, 0.29) is 16.4 Å². The maximum absolute atomic E-state index is 11.9. The predicted octanol–water partition coefficient (Wildman–Crippen LogP) is 3.19. The standard InChI is InChI=1S/C10H9ClF2O2/c1-10(5-14-10)6-2-3-8(7(11)4-6)15-9(12)13/h2-4,9H,5H2,1H3. The van der Waals surface area contributed by atoms with Gasteiger partial charge in [0.15, 0.2) is 0 Å². The van der Waals surface area contributed by atoms with Crippen LogP contribution in [0.5, 0.6) is 5.75 Å². The van der Waals surface area contributed by atoms with Crippen LogP contribution >= 0.6 is 11.6 Å². The number of alkyl halides is 2. The second kappa shape index (κ2) is 3.61. The number of ether oxygens (including phenoxy) is 2. The van der Waals surface area contributed by atoms with Gasteiger partial charge in [-0.3, -0.25) is 0 Å². The van der Waals surface area contributed by atoms with Crippen LogP contribution in [0.4, 0.5) is 8.78 Å². The molecule has 2 rings (SSSR count). The highest BCUT2D eigenvalue weighted by Gasteiger charge is 2.41. The zero-order valence-corrected chi connectivity index (χ0v) is 8.72. The average Bonchev–Trinajstić information content (AvgIpc) is 2.88. The van der Waals surface area contributed by atoms with Gasteiger partial charge in [0.05, 0.1) is 11.6 Å². The molecule has 1 aliphatic heterocycles. The molecule has 15 heavy (non-hydrogen) atoms. The second-order valence-corrected chi connectivity index (χ2v) is 3.95. The minimum Gasteiger partial charge on any atom is -0.433 e. The Balaban J connectivity index is 2.23. The molecule has 1 aromatic rings. The molecule has 1 fully saturated rings. The topological polar surface area (TPSA) is 21.8 Å². The molecule has 0 saturated carbocycles. The molecule has 0 aliphatic carbocycles. The highest BCUT2D eigenvalue weighted by Crippen LogP contribution is 2.40. The Kier molecular flexibility index (Phi) is 2.56. The van der Waals surface area contributed by atoms with Gasteiger partial charge in [-0.15, -0.1) is 0 Å². The highest BCUT2D eigenvalue weighted by atomic mass is 35.5. The Labute approximate surface area is 90.7 Å². The maximum atomic E-state index is 11.9. The molecule has 0 aromatic heterocycles. The van der Waals surface area contributed by atoms with E-state index < -0.39 is 6.61 Å². The molecule has 1 atom stereocenters. The van der Waals surface area contributed by atoms with Gasteiger partial charge in [0.25, 0.3) is 0 Å². The van der Waals surface area contributed by atoms with Crippen LogP contribution in [-0.4, -0.2) is 13.2 Å². The van der Waals surface area contributed by atoms with E-state index in [9.17, 15) is 8.78 Å². The van der Waals surface area contributed by atoms with E-state index in [1.54, 1.807) is 12.1 Å². The van der Waals surface area contributed by atoms with Gasteiger partial charge in [-0.2, -0.15) is 8.78 Å². The minimum atomic E-state index is -2.86. The van der Waals surface area contributed by atoms with Crippen molar-refractivity contribution in [2.24, 2.45) is 0 Å². The number of benzene rings is 1. The number of rotatable bonds is 3. The summed E-state index contributed by atoms with van der Waals surface area (Å²) < 4.78 is 33.3. The summed E-state index contributed by atoms with van der Waals surface area (Å²) in [4.78, 5) is 0. The van der Waals surface area contributed by atoms with Gasteiger partial charge in [0.1, 0.15) is 11.4 Å². The first kappa shape index (κ1) is 10.6. The summed E-state index contributed by atoms with van der Waals surface area (Å²) in [6.45, 7) is -0.328. The van der Waals surface area contributed by atoms with E-state index in [0.29, 0.717) is 6.61 Å². The van der Waals surface area contributed by atoms with Gasteiger partial charge >= 0.3 is 6.61 Å². The van der Waals surface area contributed by atoms with Crippen LogP contribution in [-0.2, 0) is 10.3 Å². The van der Waals surface area contributed by atoms with Crippen molar-refractivity contribution in [3.63, 3.8) is 0 Å². The molecule has 1 aromatic carbocycles. The molecule has 0 N–H and O–H groups in total. The predicted molar refractivity (Wildman–Crippen MR) is 51.4 cm³/mol. The van der Waals surface area contributed by atoms with Gasteiger partial charge in [0.2, 0.25) is 0 Å². The third-order valence-electron chi connectivity index (χ3n) is 2.34. The van der Waals surface area contributed by atoms with Gasteiger partial charge in [-0.25, -0.2) is 0 Å². The fourth-order valence-corrected chi connectivity index (χ4v) is 1.52. The van der Waals surface area contributed by atoms with E-state index >= 15 is 0 Å². The van der Waals surface area contributed by atoms with Crippen LogP contribution in [0, 0.1) is 0 Å². The SMILES string of the molecule is CC1(c2ccc(OC(F)F)c(Cl)c2)CO1. The van der Waals surface area contributed by atoms with Gasteiger partial charge < -0.3 is 9.47 Å². The second-order valence-electron chi connectivity index (χ2n) is 3.54. The molecule has 0 radical (unpaired) electrons. The third-order valence-corrected chi connectivity index (χ3v) is 2.63. The van der Waals surface area contributed by atoms with Gasteiger partial charge in [0, 0.05) is 0 Å². The smallest absolute Gasteiger partial charge is 0.387 e. The van der Waals surface area contributed by atoms with Crippen molar-refractivity contribution in [2.45, 2.75) is 19.1 Å². The lowest BCUT2D eigenvalue weighted by atomic mass is 10.0. The number of halogens is 3. The van der Waals surface area contributed by atoms with E-state index in [0.717, 1.165) is 5.56 Å². The molecule has 2 nitrogen and oxygen atoms in total. The summed E-state index contributed by atoms with van der Waals surface area (Å²) in [5.74, 6) is -0.0142. The highest BCUT2D eigenvalue weighted by molar-refractivity contribution is 6.32. The van der Waals surface area contributed by atoms with Crippen LogP contribution in [0.3, 0.4) is 0 Å². The summed E-state index contributed by atoms with van der Waals surface area (Å²) >= 11 is 5.79. The normalized spacial score (nSPS) is 24.3. The molecule has 0 spiro atoms. The van der Waals surface area contributed by atoms with Crippen LogP contribution in [0.15, 0.2) is 18.2 Å². The molecule has 1 aliphatic rings. The number of epoxide rings is 1. The van der Waals surface area contributed by atoms with E-state index in [1.807, 2.05) is 6.92 Å². The van der Waals surface area contributed by atoms with Crippen LogP contribution in [0.25, 0.3) is 0 Å². The molecular weight excluding hydrogens is 226 g/mol. The minimum absolute atomic E-state index is 0.0142. The van der Waals surface area contributed by atoms with Crippen LogP contribution in [0.2, 0.25) is 5.02 Å². The average molecular weight is 235 g/mol. The Bertz CT molecular complexity index is 378. The summed E-state index contributed by atoms with van der Waals surface area (Å²) in [6, 6.07) is 4.69. The first-order chi connectivity index (χ1) is 7.01. The Hall–Kier alpha value is -0.870. The van der Waals surface area contributed by atoms with Crippen molar-refractivity contribution in [1.29, 1.82) is 0 Å². The Morgan fingerprint density at radius 3 is 2.67 bits per heavy atom. The molecule has 1 unspecified atom stereocenters. The molecule has 1 saturated heterocycles. The molecule has 82 valence electrons. The van der Waals surface area contributed by atoms with Crippen molar-refractivity contribution >= 4 is 11.6 Å². The Morgan fingerprint density at radius 2 is 2.20 bits per heavy atom. The number of hydrogen-bond donors (Lipinski definition) is 0. The van der Waals surface area contributed by atoms with Crippen molar-refractivity contribution in [2.75, 3.05) is 6.61 Å². The van der Waals surface area contributed by atoms with Crippen molar-refractivity contribution < 1.29 is 18.3 Å². The first-order valence-corrected chi connectivity index (χ1v) is 4.78. The summed E-state index contributed by atoms with van der Waals surface area (Å²) in [6.07, 6.45) is 0. The van der Waals surface area contributed by atoms with E-state index in [1.165, 1.54) is 6.07 Å². The lowest BCUT2D eigenvalue weighted by Gasteiger charge is -2.10. The maximum Gasteiger partial charge on any atom is 0.387 e. The molecule has 1 heterocycles. The van der Waals surface area contributed by atoms with Crippen LogP contribution in [0.1, 0.15) is 12.5 Å². The first-order valence-electron chi connectivity index (χ1n) is 4.40. The lowest BCUT2D eigenvalue weighted by Crippen LogP contribution is -2.05. The van der Waals surface area contributed by atoms with Crippen molar-refractivity contribution in [3.8, 4) is 5.75 Å². The largest absolute Gasteiger partial charge is 0.433 e. The van der Waals surface area contributed by atoms with Gasteiger partial charge in [-0.05, 0) is 24.6 Å². The summed E-state index contributed by atoms with van der Waals surface area (Å²) in [7, 11) is 0. The molecule has 0 bridgehead atoms. The van der Waals surface area contributed by atoms with Crippen molar-refractivity contribution in [3.05, 3.63) is 28.8 Å². The lowest BCUT2D eigenvalue weighted by molar-refractivity contribution is -0.0497. The van der Waals surface area contributed by atoms with E-state index in [2.05, 4.69) is 4.74 Å². The van der Waals surface area contributed by atoms with Crippen LogP contribution < -0.4 is 4.74 Å². The fraction of sp³-hybridized carbons (Fsp3) is 0.400. The fourth-order valence-electron chi connectivity index (χ4n) is 1.30.